The average molecular weight is 204 g/mol. The van der Waals surface area contributed by atoms with Crippen molar-refractivity contribution in [3.05, 3.63) is 11.1 Å². The SMILES string of the molecule is CC1=C2CC[C@H](C)[C@@H]2[C@@H]2[C@@H](CC1)C2(C)C. The van der Waals surface area contributed by atoms with Gasteiger partial charge >= 0.3 is 0 Å². The first-order valence-electron chi connectivity index (χ1n) is 6.72. The molecule has 2 saturated carbocycles. The van der Waals surface area contributed by atoms with E-state index < -0.39 is 0 Å². The predicted molar refractivity (Wildman–Crippen MR) is 64.6 cm³/mol. The Bertz CT molecular complexity index is 321. The Morgan fingerprint density at radius 3 is 2.60 bits per heavy atom. The lowest BCUT2D eigenvalue weighted by Gasteiger charge is -2.20. The van der Waals surface area contributed by atoms with Gasteiger partial charge in [0.15, 0.2) is 0 Å². The van der Waals surface area contributed by atoms with Crippen LogP contribution in [0.5, 0.6) is 0 Å². The van der Waals surface area contributed by atoms with Crippen molar-refractivity contribution in [1.29, 1.82) is 0 Å². The Morgan fingerprint density at radius 1 is 1.13 bits per heavy atom. The summed E-state index contributed by atoms with van der Waals surface area (Å²) >= 11 is 0. The largest absolute Gasteiger partial charge is 0.0738 e. The molecule has 0 bridgehead atoms. The summed E-state index contributed by atoms with van der Waals surface area (Å²) in [6, 6.07) is 0. The molecule has 0 saturated heterocycles. The molecule has 0 N–H and O–H groups in total. The van der Waals surface area contributed by atoms with E-state index in [4.69, 9.17) is 0 Å². The first-order chi connectivity index (χ1) is 7.03. The number of rotatable bonds is 0. The molecule has 0 amide bonds. The zero-order valence-corrected chi connectivity index (χ0v) is 10.6. The summed E-state index contributed by atoms with van der Waals surface area (Å²) in [5.41, 5.74) is 4.29. The fraction of sp³-hybridized carbons (Fsp3) is 0.867. The van der Waals surface area contributed by atoms with Crippen LogP contribution in [0.25, 0.3) is 0 Å². The lowest BCUT2D eigenvalue weighted by Crippen LogP contribution is -2.12. The second kappa shape index (κ2) is 2.90. The predicted octanol–water partition coefficient (Wildman–Crippen LogP) is 4.42. The van der Waals surface area contributed by atoms with Crippen LogP contribution >= 0.6 is 0 Å². The fourth-order valence-electron chi connectivity index (χ4n) is 4.73. The molecule has 4 atom stereocenters. The van der Waals surface area contributed by atoms with Crippen molar-refractivity contribution >= 4 is 0 Å². The van der Waals surface area contributed by atoms with E-state index in [0.29, 0.717) is 5.41 Å². The molecule has 0 aliphatic heterocycles. The monoisotopic (exact) mass is 204 g/mol. The number of hydrogen-bond acceptors (Lipinski definition) is 0. The first kappa shape index (κ1) is 9.93. The highest BCUT2D eigenvalue weighted by Gasteiger charge is 2.62. The molecule has 2 fully saturated rings. The third kappa shape index (κ3) is 1.20. The lowest BCUT2D eigenvalue weighted by atomic mass is 9.85. The van der Waals surface area contributed by atoms with Gasteiger partial charge < -0.3 is 0 Å². The molecule has 0 spiro atoms. The van der Waals surface area contributed by atoms with E-state index in [-0.39, 0.29) is 0 Å². The van der Waals surface area contributed by atoms with Crippen LogP contribution in [0, 0.1) is 29.1 Å². The summed E-state index contributed by atoms with van der Waals surface area (Å²) in [5.74, 6) is 3.99. The molecule has 0 heteroatoms. The van der Waals surface area contributed by atoms with Crippen molar-refractivity contribution in [3.8, 4) is 0 Å². The van der Waals surface area contributed by atoms with Gasteiger partial charge in [-0.3, -0.25) is 0 Å². The second-order valence-electron chi connectivity index (χ2n) is 6.84. The van der Waals surface area contributed by atoms with Gasteiger partial charge in [0.25, 0.3) is 0 Å². The standard InChI is InChI=1S/C15H24/c1-9-6-8-12-14(15(12,3)4)13-10(2)5-7-11(9)13/h10,12-14H,5-8H2,1-4H3/t10-,12+,13-,14-/m0/s1. The number of fused-ring (bicyclic) bond motifs is 3. The highest BCUT2D eigenvalue weighted by Crippen LogP contribution is 2.69. The van der Waals surface area contributed by atoms with Crippen LogP contribution in [-0.2, 0) is 0 Å². The van der Waals surface area contributed by atoms with Crippen molar-refractivity contribution in [3.63, 3.8) is 0 Å². The Balaban J connectivity index is 1.99. The molecule has 15 heavy (non-hydrogen) atoms. The van der Waals surface area contributed by atoms with Crippen LogP contribution in [-0.4, -0.2) is 0 Å². The van der Waals surface area contributed by atoms with E-state index in [1.54, 1.807) is 5.57 Å². The maximum Gasteiger partial charge on any atom is -0.0138 e. The Labute approximate surface area is 94.1 Å². The van der Waals surface area contributed by atoms with Gasteiger partial charge in [-0.05, 0) is 61.7 Å². The van der Waals surface area contributed by atoms with Crippen LogP contribution in [0.1, 0.15) is 53.4 Å². The van der Waals surface area contributed by atoms with E-state index in [9.17, 15) is 0 Å². The molecule has 0 aromatic heterocycles. The van der Waals surface area contributed by atoms with Gasteiger partial charge in [0.2, 0.25) is 0 Å². The molecule has 3 aliphatic carbocycles. The molecule has 3 rings (SSSR count). The Morgan fingerprint density at radius 2 is 1.87 bits per heavy atom. The van der Waals surface area contributed by atoms with Gasteiger partial charge in [-0.15, -0.1) is 0 Å². The van der Waals surface area contributed by atoms with Crippen molar-refractivity contribution in [2.45, 2.75) is 53.4 Å². The summed E-state index contributed by atoms with van der Waals surface area (Å²) in [5, 5.41) is 0. The van der Waals surface area contributed by atoms with Gasteiger partial charge in [-0.1, -0.05) is 31.9 Å². The third-order valence-electron chi connectivity index (χ3n) is 5.79. The average Bonchev–Trinajstić information content (AvgIpc) is 2.55. The second-order valence-corrected chi connectivity index (χ2v) is 6.84. The lowest BCUT2D eigenvalue weighted by molar-refractivity contribution is 0.362. The van der Waals surface area contributed by atoms with E-state index in [2.05, 4.69) is 27.7 Å². The molecule has 3 aliphatic rings. The highest BCUT2D eigenvalue weighted by atomic mass is 14.7. The highest BCUT2D eigenvalue weighted by molar-refractivity contribution is 5.29. The van der Waals surface area contributed by atoms with E-state index in [1.165, 1.54) is 25.7 Å². The zero-order valence-electron chi connectivity index (χ0n) is 10.6. The van der Waals surface area contributed by atoms with Gasteiger partial charge in [0.05, 0.1) is 0 Å². The molecule has 0 unspecified atom stereocenters. The smallest absolute Gasteiger partial charge is 0.0138 e. The normalized spacial score (nSPS) is 47.2. The van der Waals surface area contributed by atoms with Crippen LogP contribution < -0.4 is 0 Å². The fourth-order valence-corrected chi connectivity index (χ4v) is 4.73. The van der Waals surface area contributed by atoms with Crippen molar-refractivity contribution in [1.82, 2.24) is 0 Å². The van der Waals surface area contributed by atoms with Crippen LogP contribution in [0.3, 0.4) is 0 Å². The molecular weight excluding hydrogens is 180 g/mol. The first-order valence-corrected chi connectivity index (χ1v) is 6.72. The van der Waals surface area contributed by atoms with Gasteiger partial charge in [-0.25, -0.2) is 0 Å². The Hall–Kier alpha value is -0.260. The molecular formula is C15H24. The van der Waals surface area contributed by atoms with Crippen molar-refractivity contribution in [2.24, 2.45) is 29.1 Å². The zero-order chi connectivity index (χ0) is 10.8. The van der Waals surface area contributed by atoms with Gasteiger partial charge in [0.1, 0.15) is 0 Å². The maximum atomic E-state index is 2.51. The number of hydrogen-bond donors (Lipinski definition) is 0. The summed E-state index contributed by atoms with van der Waals surface area (Å²) in [6.07, 6.45) is 5.73. The quantitative estimate of drug-likeness (QED) is 0.513. The minimum absolute atomic E-state index is 0.662. The summed E-state index contributed by atoms with van der Waals surface area (Å²) < 4.78 is 0. The molecule has 0 aromatic carbocycles. The van der Waals surface area contributed by atoms with Crippen molar-refractivity contribution < 1.29 is 0 Å². The van der Waals surface area contributed by atoms with Crippen LogP contribution in [0.15, 0.2) is 11.1 Å². The minimum Gasteiger partial charge on any atom is -0.0738 e. The van der Waals surface area contributed by atoms with Gasteiger partial charge in [0, 0.05) is 0 Å². The van der Waals surface area contributed by atoms with Crippen LogP contribution in [0.4, 0.5) is 0 Å². The Kier molecular flexibility index (Phi) is 1.92. The maximum absolute atomic E-state index is 2.51. The van der Waals surface area contributed by atoms with Crippen molar-refractivity contribution in [2.75, 3.05) is 0 Å². The summed E-state index contributed by atoms with van der Waals surface area (Å²) in [4.78, 5) is 0. The molecule has 0 heterocycles. The summed E-state index contributed by atoms with van der Waals surface area (Å²) in [7, 11) is 0. The van der Waals surface area contributed by atoms with E-state index in [1.807, 2.05) is 5.57 Å². The topological polar surface area (TPSA) is 0 Å². The van der Waals surface area contributed by atoms with E-state index in [0.717, 1.165) is 23.7 Å². The van der Waals surface area contributed by atoms with E-state index >= 15 is 0 Å². The summed E-state index contributed by atoms with van der Waals surface area (Å²) in [6.45, 7) is 9.90. The molecule has 0 aromatic rings. The van der Waals surface area contributed by atoms with Gasteiger partial charge in [-0.2, -0.15) is 0 Å². The van der Waals surface area contributed by atoms with Crippen LogP contribution in [0.2, 0.25) is 0 Å². The number of allylic oxidation sites excluding steroid dienone is 2. The molecule has 0 radical (unpaired) electrons. The molecule has 0 nitrogen and oxygen atoms in total. The molecule has 84 valence electrons. The minimum atomic E-state index is 0.662. The third-order valence-corrected chi connectivity index (χ3v) is 5.79.